The molecule has 2 atom stereocenters. The summed E-state index contributed by atoms with van der Waals surface area (Å²) in [6, 6.07) is 6.20. The number of likely N-dealkylation sites (N-methyl/N-ethyl adjacent to an activating group) is 1. The molecule has 2 N–H and O–H groups in total. The SMILES string of the molecule is CNC(=O)C(NC(=O)C(C)Oc1ccc(Cl)cc1Cl)c1ccc(F)c(F)c1. The fourth-order valence-electron chi connectivity index (χ4n) is 2.21. The Balaban J connectivity index is 2.17. The van der Waals surface area contributed by atoms with E-state index in [2.05, 4.69) is 10.6 Å². The van der Waals surface area contributed by atoms with E-state index >= 15 is 0 Å². The van der Waals surface area contributed by atoms with Crippen molar-refractivity contribution < 1.29 is 23.1 Å². The molecule has 9 heteroatoms. The van der Waals surface area contributed by atoms with E-state index in [1.54, 1.807) is 6.07 Å². The monoisotopic (exact) mass is 416 g/mol. The van der Waals surface area contributed by atoms with Crippen LogP contribution in [0, 0.1) is 11.6 Å². The van der Waals surface area contributed by atoms with Gasteiger partial charge >= 0.3 is 0 Å². The zero-order chi connectivity index (χ0) is 20.1. The molecule has 0 bridgehead atoms. The molecule has 0 aliphatic carbocycles. The number of halogens is 4. The highest BCUT2D eigenvalue weighted by Gasteiger charge is 2.26. The summed E-state index contributed by atoms with van der Waals surface area (Å²) in [6.45, 7) is 1.45. The largest absolute Gasteiger partial charge is 0.479 e. The van der Waals surface area contributed by atoms with Crippen LogP contribution in [0.15, 0.2) is 36.4 Å². The lowest BCUT2D eigenvalue weighted by Crippen LogP contribution is -2.44. The first kappa shape index (κ1) is 20.9. The number of ether oxygens (including phenoxy) is 1. The predicted molar refractivity (Wildman–Crippen MR) is 97.9 cm³/mol. The van der Waals surface area contributed by atoms with Crippen molar-refractivity contribution in [3.05, 3.63) is 63.6 Å². The molecule has 0 aliphatic rings. The lowest BCUT2D eigenvalue weighted by atomic mass is 10.1. The van der Waals surface area contributed by atoms with E-state index in [-0.39, 0.29) is 16.3 Å². The van der Waals surface area contributed by atoms with E-state index < -0.39 is 35.6 Å². The molecule has 5 nitrogen and oxygen atoms in total. The lowest BCUT2D eigenvalue weighted by molar-refractivity contribution is -0.132. The van der Waals surface area contributed by atoms with Crippen molar-refractivity contribution >= 4 is 35.0 Å². The van der Waals surface area contributed by atoms with Gasteiger partial charge in [0.05, 0.1) is 5.02 Å². The molecule has 2 amide bonds. The van der Waals surface area contributed by atoms with Crippen molar-refractivity contribution in [1.82, 2.24) is 10.6 Å². The molecule has 27 heavy (non-hydrogen) atoms. The van der Waals surface area contributed by atoms with Crippen LogP contribution < -0.4 is 15.4 Å². The van der Waals surface area contributed by atoms with Gasteiger partial charge in [0.2, 0.25) is 5.91 Å². The molecule has 2 unspecified atom stereocenters. The molecule has 0 spiro atoms. The number of carbonyl (C=O) groups excluding carboxylic acids is 2. The summed E-state index contributed by atoms with van der Waals surface area (Å²) >= 11 is 11.8. The van der Waals surface area contributed by atoms with Crippen molar-refractivity contribution in [2.75, 3.05) is 7.05 Å². The van der Waals surface area contributed by atoms with Gasteiger partial charge in [0.15, 0.2) is 17.7 Å². The summed E-state index contributed by atoms with van der Waals surface area (Å²) in [6.07, 6.45) is -1.03. The average molecular weight is 417 g/mol. The normalized spacial score (nSPS) is 12.8. The van der Waals surface area contributed by atoms with E-state index in [0.717, 1.165) is 12.1 Å². The summed E-state index contributed by atoms with van der Waals surface area (Å²) in [4.78, 5) is 24.5. The van der Waals surface area contributed by atoms with E-state index in [4.69, 9.17) is 27.9 Å². The van der Waals surface area contributed by atoms with Gasteiger partial charge < -0.3 is 15.4 Å². The Morgan fingerprint density at radius 2 is 1.74 bits per heavy atom. The quantitative estimate of drug-likeness (QED) is 0.755. The number of hydrogen-bond acceptors (Lipinski definition) is 3. The van der Waals surface area contributed by atoms with E-state index in [1.807, 2.05) is 0 Å². The minimum atomic E-state index is -1.23. The Morgan fingerprint density at radius 3 is 2.33 bits per heavy atom. The van der Waals surface area contributed by atoms with Gasteiger partial charge in [0, 0.05) is 12.1 Å². The van der Waals surface area contributed by atoms with Crippen LogP contribution in [0.1, 0.15) is 18.5 Å². The number of rotatable bonds is 6. The summed E-state index contributed by atoms with van der Waals surface area (Å²) in [7, 11) is 1.36. The second kappa shape index (κ2) is 9.01. The van der Waals surface area contributed by atoms with Crippen molar-refractivity contribution in [2.45, 2.75) is 19.1 Å². The maximum Gasteiger partial charge on any atom is 0.261 e. The third kappa shape index (κ3) is 5.30. The molecule has 2 aromatic rings. The summed E-state index contributed by atoms with van der Waals surface area (Å²) in [5.74, 6) is -3.22. The Morgan fingerprint density at radius 1 is 1.04 bits per heavy atom. The van der Waals surface area contributed by atoms with Crippen molar-refractivity contribution in [2.24, 2.45) is 0 Å². The number of carbonyl (C=O) groups is 2. The van der Waals surface area contributed by atoms with Crippen LogP contribution in [0.4, 0.5) is 8.78 Å². The maximum atomic E-state index is 13.5. The number of amides is 2. The standard InChI is InChI=1S/C18H16Cl2F2N2O3/c1-9(27-15-6-4-11(19)8-12(15)20)17(25)24-16(18(26)23-2)10-3-5-13(21)14(22)7-10/h3-9,16H,1-2H3,(H,23,26)(H,24,25). The third-order valence-corrected chi connectivity index (χ3v) is 4.17. The molecular weight excluding hydrogens is 401 g/mol. The van der Waals surface area contributed by atoms with Gasteiger partial charge in [0.1, 0.15) is 11.8 Å². The molecule has 0 saturated heterocycles. The highest BCUT2D eigenvalue weighted by atomic mass is 35.5. The van der Waals surface area contributed by atoms with E-state index in [0.29, 0.717) is 5.02 Å². The molecule has 0 saturated carbocycles. The van der Waals surface area contributed by atoms with Crippen LogP contribution in [0.2, 0.25) is 10.0 Å². The third-order valence-electron chi connectivity index (χ3n) is 3.64. The number of nitrogens with one attached hydrogen (secondary N) is 2. The second-order valence-corrected chi connectivity index (χ2v) is 6.41. The van der Waals surface area contributed by atoms with Crippen LogP contribution >= 0.6 is 23.2 Å². The van der Waals surface area contributed by atoms with Crippen LogP contribution in [0.5, 0.6) is 5.75 Å². The van der Waals surface area contributed by atoms with Crippen LogP contribution in [-0.4, -0.2) is 25.0 Å². The fourth-order valence-corrected chi connectivity index (χ4v) is 2.66. The van der Waals surface area contributed by atoms with Crippen molar-refractivity contribution in [1.29, 1.82) is 0 Å². The Hall–Kier alpha value is -2.38. The predicted octanol–water partition coefficient (Wildman–Crippen LogP) is 3.64. The smallest absolute Gasteiger partial charge is 0.261 e. The first-order valence-electron chi connectivity index (χ1n) is 7.81. The topological polar surface area (TPSA) is 67.4 Å². The molecule has 0 aliphatic heterocycles. The van der Waals surface area contributed by atoms with E-state index in [9.17, 15) is 18.4 Å². The maximum absolute atomic E-state index is 13.5. The minimum Gasteiger partial charge on any atom is -0.479 e. The second-order valence-electron chi connectivity index (χ2n) is 5.56. The summed E-state index contributed by atoms with van der Waals surface area (Å²) < 4.78 is 32.1. The molecule has 0 fully saturated rings. The zero-order valence-corrected chi connectivity index (χ0v) is 15.9. The molecule has 0 aromatic heterocycles. The molecule has 0 radical (unpaired) electrons. The summed E-state index contributed by atoms with van der Waals surface area (Å²) in [5.41, 5.74) is 0.0818. The molecule has 144 valence electrons. The van der Waals surface area contributed by atoms with Gasteiger partial charge in [-0.2, -0.15) is 0 Å². The highest BCUT2D eigenvalue weighted by molar-refractivity contribution is 6.35. The fraction of sp³-hybridized carbons (Fsp3) is 0.222. The average Bonchev–Trinajstić information content (AvgIpc) is 2.63. The van der Waals surface area contributed by atoms with Gasteiger partial charge in [-0.15, -0.1) is 0 Å². The molecular formula is C18H16Cl2F2N2O3. The van der Waals surface area contributed by atoms with Crippen LogP contribution in [-0.2, 0) is 9.59 Å². The molecule has 2 aromatic carbocycles. The molecule has 2 rings (SSSR count). The first-order chi connectivity index (χ1) is 12.7. The Labute approximate surface area is 164 Å². The van der Waals surface area contributed by atoms with Gasteiger partial charge in [-0.25, -0.2) is 8.78 Å². The van der Waals surface area contributed by atoms with Crippen LogP contribution in [0.25, 0.3) is 0 Å². The first-order valence-corrected chi connectivity index (χ1v) is 8.57. The van der Waals surface area contributed by atoms with Crippen molar-refractivity contribution in [3.8, 4) is 5.75 Å². The minimum absolute atomic E-state index is 0.0818. The van der Waals surface area contributed by atoms with Gasteiger partial charge in [0.25, 0.3) is 5.91 Å². The lowest BCUT2D eigenvalue weighted by Gasteiger charge is -2.21. The zero-order valence-electron chi connectivity index (χ0n) is 14.4. The van der Waals surface area contributed by atoms with Crippen LogP contribution in [0.3, 0.4) is 0 Å². The van der Waals surface area contributed by atoms with Crippen molar-refractivity contribution in [3.63, 3.8) is 0 Å². The van der Waals surface area contributed by atoms with Gasteiger partial charge in [-0.3, -0.25) is 9.59 Å². The number of benzene rings is 2. The summed E-state index contributed by atoms with van der Waals surface area (Å²) in [5, 5.41) is 5.43. The van der Waals surface area contributed by atoms with Gasteiger partial charge in [-0.05, 0) is 42.8 Å². The Kier molecular flexibility index (Phi) is 6.98. The Bertz CT molecular complexity index is 864. The molecule has 0 heterocycles. The van der Waals surface area contributed by atoms with Gasteiger partial charge in [-0.1, -0.05) is 29.3 Å². The number of hydrogen-bond donors (Lipinski definition) is 2. The van der Waals surface area contributed by atoms with E-state index in [1.165, 1.54) is 32.2 Å². The highest BCUT2D eigenvalue weighted by Crippen LogP contribution is 2.28.